The normalized spacial score (nSPS) is 13.5. The lowest BCUT2D eigenvalue weighted by molar-refractivity contribution is 0.0725. The Morgan fingerprint density at radius 2 is 1.61 bits per heavy atom. The fourth-order valence-electron chi connectivity index (χ4n) is 3.20. The van der Waals surface area contributed by atoms with Crippen molar-refractivity contribution in [3.05, 3.63) is 59.7 Å². The summed E-state index contributed by atoms with van der Waals surface area (Å²) in [5.74, 6) is 0.0555. The van der Waals surface area contributed by atoms with E-state index in [0.29, 0.717) is 22.6 Å². The maximum Gasteiger partial charge on any atom is 0.261 e. The molecule has 2 aromatic rings. The fraction of sp³-hybridized carbons (Fsp3) is 0.286. The third-order valence-electron chi connectivity index (χ3n) is 4.63. The lowest BCUT2D eigenvalue weighted by Crippen LogP contribution is -2.37. The molecule has 2 N–H and O–H groups in total. The summed E-state index contributed by atoms with van der Waals surface area (Å²) in [6.45, 7) is 1.53. The monoisotopic (exact) mass is 397 g/mol. The summed E-state index contributed by atoms with van der Waals surface area (Å²) < 4.78 is 5.21. The zero-order chi connectivity index (χ0) is 19.9. The van der Waals surface area contributed by atoms with Gasteiger partial charge in [0, 0.05) is 13.1 Å². The Hall–Kier alpha value is -2.93. The Bertz CT molecular complexity index is 879. The van der Waals surface area contributed by atoms with E-state index in [1.165, 1.54) is 7.11 Å². The van der Waals surface area contributed by atoms with E-state index in [0.717, 1.165) is 32.4 Å². The predicted octanol–water partition coefficient (Wildman–Crippen LogP) is 3.45. The van der Waals surface area contributed by atoms with Crippen molar-refractivity contribution < 1.29 is 14.3 Å². The maximum absolute atomic E-state index is 12.9. The van der Waals surface area contributed by atoms with Gasteiger partial charge in [0.15, 0.2) is 5.11 Å². The molecular formula is C21H23N3O3S. The molecule has 28 heavy (non-hydrogen) atoms. The van der Waals surface area contributed by atoms with Gasteiger partial charge in [0.25, 0.3) is 11.8 Å². The molecule has 0 bridgehead atoms. The Labute approximate surface area is 169 Å². The number of likely N-dealkylation sites (tertiary alicyclic amines) is 1. The second-order valence-corrected chi connectivity index (χ2v) is 6.92. The highest BCUT2D eigenvalue weighted by Gasteiger charge is 2.21. The lowest BCUT2D eigenvalue weighted by Gasteiger charge is -2.27. The van der Waals surface area contributed by atoms with Gasteiger partial charge >= 0.3 is 0 Å². The van der Waals surface area contributed by atoms with Crippen LogP contribution in [0.3, 0.4) is 0 Å². The zero-order valence-corrected chi connectivity index (χ0v) is 16.6. The highest BCUT2D eigenvalue weighted by Crippen LogP contribution is 2.20. The average molecular weight is 398 g/mol. The van der Waals surface area contributed by atoms with Crippen molar-refractivity contribution >= 4 is 34.8 Å². The van der Waals surface area contributed by atoms with E-state index in [-0.39, 0.29) is 16.9 Å². The standard InChI is InChI=1S/C21H23N3O3S/c1-27-18-12-6-4-10-16(18)19(25)23-21(28)22-17-11-5-3-9-15(17)20(26)24-13-7-2-8-14-24/h3-6,9-12H,2,7-8,13-14H2,1H3,(H2,22,23,25,28). The number of nitrogens with zero attached hydrogens (tertiary/aromatic N) is 1. The highest BCUT2D eigenvalue weighted by atomic mass is 32.1. The summed E-state index contributed by atoms with van der Waals surface area (Å²) in [4.78, 5) is 27.2. The first-order valence-electron chi connectivity index (χ1n) is 9.24. The molecular weight excluding hydrogens is 374 g/mol. The first-order valence-corrected chi connectivity index (χ1v) is 9.64. The van der Waals surface area contributed by atoms with Crippen LogP contribution in [-0.2, 0) is 0 Å². The number of nitrogens with one attached hydrogen (secondary N) is 2. The van der Waals surface area contributed by atoms with Crippen molar-refractivity contribution in [2.24, 2.45) is 0 Å². The van der Waals surface area contributed by atoms with Crippen molar-refractivity contribution in [1.29, 1.82) is 0 Å². The fourth-order valence-corrected chi connectivity index (χ4v) is 3.40. The van der Waals surface area contributed by atoms with Gasteiger partial charge in [-0.05, 0) is 55.7 Å². The molecule has 0 radical (unpaired) electrons. The van der Waals surface area contributed by atoms with Crippen LogP contribution < -0.4 is 15.4 Å². The number of ether oxygens (including phenoxy) is 1. The van der Waals surface area contributed by atoms with E-state index in [2.05, 4.69) is 10.6 Å². The minimum Gasteiger partial charge on any atom is -0.496 e. The van der Waals surface area contributed by atoms with E-state index in [1.54, 1.807) is 36.4 Å². The second kappa shape index (κ2) is 9.32. The van der Waals surface area contributed by atoms with Crippen molar-refractivity contribution in [2.45, 2.75) is 19.3 Å². The molecule has 0 atom stereocenters. The first kappa shape index (κ1) is 19.8. The average Bonchev–Trinajstić information content (AvgIpc) is 2.74. The van der Waals surface area contributed by atoms with E-state index in [4.69, 9.17) is 17.0 Å². The van der Waals surface area contributed by atoms with Gasteiger partial charge in [-0.3, -0.25) is 14.9 Å². The van der Waals surface area contributed by atoms with Crippen molar-refractivity contribution in [1.82, 2.24) is 10.2 Å². The molecule has 0 aromatic heterocycles. The number of piperidine rings is 1. The quantitative estimate of drug-likeness (QED) is 0.774. The number of hydrogen-bond donors (Lipinski definition) is 2. The van der Waals surface area contributed by atoms with Crippen molar-refractivity contribution in [3.63, 3.8) is 0 Å². The minimum atomic E-state index is -0.380. The van der Waals surface area contributed by atoms with E-state index >= 15 is 0 Å². The highest BCUT2D eigenvalue weighted by molar-refractivity contribution is 7.80. The summed E-state index contributed by atoms with van der Waals surface area (Å²) in [5, 5.41) is 5.74. The summed E-state index contributed by atoms with van der Waals surface area (Å²) >= 11 is 5.29. The summed E-state index contributed by atoms with van der Waals surface area (Å²) in [5.41, 5.74) is 1.49. The van der Waals surface area contributed by atoms with Crippen LogP contribution in [0.25, 0.3) is 0 Å². The van der Waals surface area contributed by atoms with Crippen LogP contribution in [0.2, 0.25) is 0 Å². The molecule has 1 fully saturated rings. The molecule has 1 heterocycles. The Kier molecular flexibility index (Phi) is 6.60. The maximum atomic E-state index is 12.9. The molecule has 1 aliphatic heterocycles. The van der Waals surface area contributed by atoms with Crippen LogP contribution >= 0.6 is 12.2 Å². The summed E-state index contributed by atoms with van der Waals surface area (Å²) in [6, 6.07) is 14.1. The van der Waals surface area contributed by atoms with E-state index < -0.39 is 0 Å². The number of carbonyl (C=O) groups is 2. The molecule has 0 unspecified atom stereocenters. The molecule has 7 heteroatoms. The smallest absolute Gasteiger partial charge is 0.261 e. The van der Waals surface area contributed by atoms with Crippen molar-refractivity contribution in [3.8, 4) is 5.75 Å². The summed E-state index contributed by atoms with van der Waals surface area (Å²) in [7, 11) is 1.51. The molecule has 1 aliphatic rings. The SMILES string of the molecule is COc1ccccc1C(=O)NC(=S)Nc1ccccc1C(=O)N1CCCCC1. The number of amides is 2. The Morgan fingerprint density at radius 1 is 0.964 bits per heavy atom. The number of carbonyl (C=O) groups excluding carboxylic acids is 2. The van der Waals surface area contributed by atoms with Crippen molar-refractivity contribution in [2.75, 3.05) is 25.5 Å². The van der Waals surface area contributed by atoms with Gasteiger partial charge in [-0.15, -0.1) is 0 Å². The molecule has 0 saturated carbocycles. The summed E-state index contributed by atoms with van der Waals surface area (Å²) in [6.07, 6.45) is 3.20. The van der Waals surface area contributed by atoms with E-state index in [1.807, 2.05) is 17.0 Å². The van der Waals surface area contributed by atoms with Crippen LogP contribution in [0.5, 0.6) is 5.75 Å². The number of para-hydroxylation sites is 2. The van der Waals surface area contributed by atoms with Gasteiger partial charge in [0.1, 0.15) is 5.75 Å². The van der Waals surface area contributed by atoms with Gasteiger partial charge in [-0.1, -0.05) is 24.3 Å². The Morgan fingerprint density at radius 3 is 2.32 bits per heavy atom. The molecule has 3 rings (SSSR count). The van der Waals surface area contributed by atoms with Gasteiger partial charge in [0.2, 0.25) is 0 Å². The number of rotatable bonds is 4. The van der Waals surface area contributed by atoms with Crippen LogP contribution in [0, 0.1) is 0 Å². The van der Waals surface area contributed by atoms with Gasteiger partial charge in [0.05, 0.1) is 23.9 Å². The molecule has 2 aromatic carbocycles. The lowest BCUT2D eigenvalue weighted by atomic mass is 10.1. The number of hydrogen-bond acceptors (Lipinski definition) is 4. The second-order valence-electron chi connectivity index (χ2n) is 6.51. The molecule has 2 amide bonds. The van der Waals surface area contributed by atoms with Crippen LogP contribution in [0.1, 0.15) is 40.0 Å². The topological polar surface area (TPSA) is 70.7 Å². The third-order valence-corrected chi connectivity index (χ3v) is 4.83. The Balaban J connectivity index is 1.70. The molecule has 1 saturated heterocycles. The first-order chi connectivity index (χ1) is 13.6. The number of thiocarbonyl (C=S) groups is 1. The largest absolute Gasteiger partial charge is 0.496 e. The van der Waals surface area contributed by atoms with Gasteiger partial charge in [-0.25, -0.2) is 0 Å². The van der Waals surface area contributed by atoms with Crippen LogP contribution in [0.15, 0.2) is 48.5 Å². The third kappa shape index (κ3) is 4.67. The molecule has 6 nitrogen and oxygen atoms in total. The number of benzene rings is 2. The van der Waals surface area contributed by atoms with Crippen LogP contribution in [0.4, 0.5) is 5.69 Å². The predicted molar refractivity (Wildman–Crippen MR) is 113 cm³/mol. The van der Waals surface area contributed by atoms with Gasteiger partial charge < -0.3 is 15.0 Å². The molecule has 0 aliphatic carbocycles. The minimum absolute atomic E-state index is 0.0262. The zero-order valence-electron chi connectivity index (χ0n) is 15.7. The van der Waals surface area contributed by atoms with E-state index in [9.17, 15) is 9.59 Å². The molecule has 146 valence electrons. The number of anilines is 1. The molecule has 0 spiro atoms. The van der Waals surface area contributed by atoms with Gasteiger partial charge in [-0.2, -0.15) is 0 Å². The van der Waals surface area contributed by atoms with Crippen LogP contribution in [-0.4, -0.2) is 42.0 Å². The number of methoxy groups -OCH3 is 1.